The van der Waals surface area contributed by atoms with E-state index in [0.717, 1.165) is 0 Å². The average molecular weight is 334 g/mol. The van der Waals surface area contributed by atoms with Crippen LogP contribution >= 0.6 is 0 Å². The van der Waals surface area contributed by atoms with E-state index in [-0.39, 0.29) is 38.6 Å². The number of aliphatic hydroxyl groups is 2. The summed E-state index contributed by atoms with van der Waals surface area (Å²) < 4.78 is 9.13. The highest BCUT2D eigenvalue weighted by molar-refractivity contribution is 5.76. The van der Waals surface area contributed by atoms with Crippen LogP contribution in [0.15, 0.2) is 0 Å². The van der Waals surface area contributed by atoms with E-state index in [1.54, 1.807) is 4.90 Å². The monoisotopic (exact) mass is 334 g/mol. The third-order valence-electron chi connectivity index (χ3n) is 3.09. The fraction of sp³-hybridized carbons (Fsp3) is 0.786. The van der Waals surface area contributed by atoms with Gasteiger partial charge in [0.15, 0.2) is 0 Å². The summed E-state index contributed by atoms with van der Waals surface area (Å²) in [4.78, 5) is 35.7. The van der Waals surface area contributed by atoms with Crippen LogP contribution in [0.3, 0.4) is 0 Å². The molecule has 0 fully saturated rings. The highest BCUT2D eigenvalue weighted by atomic mass is 16.5. The van der Waals surface area contributed by atoms with Crippen LogP contribution in [-0.2, 0) is 23.9 Å². The van der Waals surface area contributed by atoms with Gasteiger partial charge in [0, 0.05) is 6.42 Å². The molecular formula is C14H26N2O7. The minimum Gasteiger partial charge on any atom is -0.468 e. The molecule has 0 aromatic carbocycles. The number of hydrogen-bond acceptors (Lipinski definition) is 8. The predicted octanol–water partition coefficient (Wildman–Crippen LogP) is -1.73. The van der Waals surface area contributed by atoms with Gasteiger partial charge >= 0.3 is 11.9 Å². The Bertz CT molecular complexity index is 354. The van der Waals surface area contributed by atoms with E-state index in [9.17, 15) is 14.4 Å². The molecule has 0 aliphatic carbocycles. The fourth-order valence-electron chi connectivity index (χ4n) is 1.78. The molecule has 0 bridgehead atoms. The van der Waals surface area contributed by atoms with E-state index in [4.69, 9.17) is 10.2 Å². The summed E-state index contributed by atoms with van der Waals surface area (Å²) in [6.45, 7) is -0.284. The van der Waals surface area contributed by atoms with Crippen LogP contribution in [-0.4, -0.2) is 86.1 Å². The number of methoxy groups -OCH3 is 2. The first-order valence-corrected chi connectivity index (χ1v) is 7.33. The number of aliphatic hydroxyl groups excluding tert-OH is 2. The number of nitrogens with zero attached hydrogens (tertiary/aromatic N) is 1. The van der Waals surface area contributed by atoms with Crippen LogP contribution in [0, 0.1) is 0 Å². The number of hydrogen-bond donors (Lipinski definition) is 3. The van der Waals surface area contributed by atoms with Crippen molar-refractivity contribution in [2.24, 2.45) is 0 Å². The molecule has 134 valence electrons. The molecule has 0 radical (unpaired) electrons. The molecule has 9 nitrogen and oxygen atoms in total. The molecule has 0 atom stereocenters. The van der Waals surface area contributed by atoms with Crippen molar-refractivity contribution in [1.82, 2.24) is 10.2 Å². The summed E-state index contributed by atoms with van der Waals surface area (Å²) in [6, 6.07) is -0.655. The topological polar surface area (TPSA) is 125 Å². The molecule has 0 saturated carbocycles. The Balaban J connectivity index is 4.12. The second-order valence-corrected chi connectivity index (χ2v) is 4.95. The summed E-state index contributed by atoms with van der Waals surface area (Å²) in [5.74, 6) is -1.19. The van der Waals surface area contributed by atoms with E-state index in [0.29, 0.717) is 19.4 Å². The van der Waals surface area contributed by atoms with E-state index in [1.165, 1.54) is 14.2 Å². The number of rotatable bonds is 12. The molecular weight excluding hydrogens is 308 g/mol. The molecule has 0 aromatic heterocycles. The molecule has 0 aliphatic rings. The van der Waals surface area contributed by atoms with Gasteiger partial charge in [0.25, 0.3) is 0 Å². The van der Waals surface area contributed by atoms with E-state index < -0.39 is 18.0 Å². The van der Waals surface area contributed by atoms with Crippen molar-refractivity contribution in [3.05, 3.63) is 0 Å². The van der Waals surface area contributed by atoms with Gasteiger partial charge in [0.2, 0.25) is 5.91 Å². The van der Waals surface area contributed by atoms with Crippen LogP contribution in [0.25, 0.3) is 0 Å². The van der Waals surface area contributed by atoms with Crippen LogP contribution in [0.5, 0.6) is 0 Å². The molecule has 23 heavy (non-hydrogen) atoms. The number of carbonyl (C=O) groups is 3. The first kappa shape index (κ1) is 21.3. The second-order valence-electron chi connectivity index (χ2n) is 4.95. The number of esters is 2. The van der Waals surface area contributed by atoms with Gasteiger partial charge in [-0.05, 0) is 19.4 Å². The SMILES string of the molecule is COC(=O)CN(CCCCC(=O)NC(CO)CO)CC(=O)OC. The van der Waals surface area contributed by atoms with E-state index >= 15 is 0 Å². The number of amides is 1. The first-order chi connectivity index (χ1) is 11.0. The third kappa shape index (κ3) is 10.6. The van der Waals surface area contributed by atoms with Gasteiger partial charge in [-0.1, -0.05) is 0 Å². The van der Waals surface area contributed by atoms with Crippen molar-refractivity contribution in [1.29, 1.82) is 0 Å². The maximum atomic E-state index is 11.6. The Morgan fingerprint density at radius 2 is 1.52 bits per heavy atom. The predicted molar refractivity (Wildman–Crippen MR) is 80.4 cm³/mol. The number of unbranched alkanes of at least 4 members (excludes halogenated alkanes) is 1. The Morgan fingerprint density at radius 3 is 1.96 bits per heavy atom. The molecule has 3 N–H and O–H groups in total. The molecule has 0 saturated heterocycles. The van der Waals surface area contributed by atoms with Gasteiger partial charge in [0.05, 0.1) is 46.6 Å². The molecule has 0 spiro atoms. The molecule has 0 heterocycles. The lowest BCUT2D eigenvalue weighted by Crippen LogP contribution is -2.40. The first-order valence-electron chi connectivity index (χ1n) is 7.33. The minimum atomic E-state index is -0.655. The van der Waals surface area contributed by atoms with Crippen LogP contribution < -0.4 is 5.32 Å². The Labute approximate surface area is 135 Å². The molecule has 0 rings (SSSR count). The number of carbonyl (C=O) groups excluding carboxylic acids is 3. The highest BCUT2D eigenvalue weighted by Crippen LogP contribution is 2.01. The zero-order valence-corrected chi connectivity index (χ0v) is 13.6. The molecule has 1 amide bonds. The number of nitrogens with one attached hydrogen (secondary N) is 1. The summed E-state index contributed by atoms with van der Waals surface area (Å²) in [6.07, 6.45) is 1.35. The van der Waals surface area contributed by atoms with Gasteiger partial charge in [-0.15, -0.1) is 0 Å². The average Bonchev–Trinajstić information content (AvgIpc) is 2.55. The molecule has 0 aliphatic heterocycles. The maximum Gasteiger partial charge on any atom is 0.319 e. The zero-order chi connectivity index (χ0) is 17.7. The van der Waals surface area contributed by atoms with Gasteiger partial charge in [-0.25, -0.2) is 0 Å². The van der Waals surface area contributed by atoms with Crippen molar-refractivity contribution < 1.29 is 34.1 Å². The van der Waals surface area contributed by atoms with E-state index in [2.05, 4.69) is 14.8 Å². The molecule has 9 heteroatoms. The lowest BCUT2D eigenvalue weighted by Gasteiger charge is -2.19. The Hall–Kier alpha value is -1.71. The lowest BCUT2D eigenvalue weighted by atomic mass is 10.2. The molecule has 0 aromatic rings. The highest BCUT2D eigenvalue weighted by Gasteiger charge is 2.15. The Morgan fingerprint density at radius 1 is 1.00 bits per heavy atom. The largest absolute Gasteiger partial charge is 0.468 e. The smallest absolute Gasteiger partial charge is 0.319 e. The molecule has 0 unspecified atom stereocenters. The lowest BCUT2D eigenvalue weighted by molar-refractivity contribution is -0.145. The van der Waals surface area contributed by atoms with Gasteiger partial charge < -0.3 is 25.0 Å². The van der Waals surface area contributed by atoms with Gasteiger partial charge in [-0.2, -0.15) is 0 Å². The third-order valence-corrected chi connectivity index (χ3v) is 3.09. The van der Waals surface area contributed by atoms with Crippen molar-refractivity contribution in [2.45, 2.75) is 25.3 Å². The van der Waals surface area contributed by atoms with Crippen LogP contribution in [0.2, 0.25) is 0 Å². The fourth-order valence-corrected chi connectivity index (χ4v) is 1.78. The van der Waals surface area contributed by atoms with Crippen molar-refractivity contribution in [3.8, 4) is 0 Å². The normalized spacial score (nSPS) is 10.7. The quantitative estimate of drug-likeness (QED) is 0.284. The summed E-state index contributed by atoms with van der Waals surface area (Å²) in [5.41, 5.74) is 0. The minimum absolute atomic E-state index is 0.0328. The summed E-state index contributed by atoms with van der Waals surface area (Å²) in [7, 11) is 2.53. The van der Waals surface area contributed by atoms with Gasteiger partial charge in [0.1, 0.15) is 0 Å². The number of ether oxygens (including phenoxy) is 2. The standard InChI is InChI=1S/C14H26N2O7/c1-22-13(20)7-16(8-14(21)23-2)6-4-3-5-12(19)15-11(9-17)10-18/h11,17-18H,3-10H2,1-2H3,(H,15,19). The second kappa shape index (κ2) is 12.8. The maximum absolute atomic E-state index is 11.6. The van der Waals surface area contributed by atoms with Crippen LogP contribution in [0.4, 0.5) is 0 Å². The van der Waals surface area contributed by atoms with Crippen molar-refractivity contribution in [2.75, 3.05) is 47.1 Å². The van der Waals surface area contributed by atoms with Crippen molar-refractivity contribution >= 4 is 17.8 Å². The Kier molecular flexibility index (Phi) is 11.8. The zero-order valence-electron chi connectivity index (χ0n) is 13.6. The summed E-state index contributed by atoms with van der Waals surface area (Å²) >= 11 is 0. The van der Waals surface area contributed by atoms with Crippen molar-refractivity contribution in [3.63, 3.8) is 0 Å². The van der Waals surface area contributed by atoms with E-state index in [1.807, 2.05) is 0 Å². The summed E-state index contributed by atoms with van der Waals surface area (Å²) in [5, 5.41) is 20.2. The van der Waals surface area contributed by atoms with Crippen LogP contribution in [0.1, 0.15) is 19.3 Å². The van der Waals surface area contributed by atoms with Gasteiger partial charge in [-0.3, -0.25) is 19.3 Å².